The molecule has 0 aliphatic rings. The fraction of sp³-hybridized carbons (Fsp3) is 0.286. The molecule has 0 radical (unpaired) electrons. The lowest BCUT2D eigenvalue weighted by Gasteiger charge is -2.05. The minimum atomic E-state index is -2.46. The summed E-state index contributed by atoms with van der Waals surface area (Å²) in [5.74, 6) is 0.249. The highest BCUT2D eigenvalue weighted by Gasteiger charge is 2.09. The zero-order chi connectivity index (χ0) is 10.8. The third-order valence-electron chi connectivity index (χ3n) is 1.71. The summed E-state index contributed by atoms with van der Waals surface area (Å²) in [6, 6.07) is 0. The van der Waals surface area contributed by atoms with E-state index in [0.717, 1.165) is 0 Å². The lowest BCUT2D eigenvalue weighted by atomic mass is 10.4. The van der Waals surface area contributed by atoms with E-state index in [1.807, 2.05) is 0 Å². The normalized spacial score (nSPS) is 11.2. The molecule has 0 spiro atoms. The van der Waals surface area contributed by atoms with Gasteiger partial charge in [-0.15, -0.1) is 0 Å². The number of rotatable bonds is 3. The van der Waals surface area contributed by atoms with Gasteiger partial charge in [-0.2, -0.15) is 15.1 Å². The summed E-state index contributed by atoms with van der Waals surface area (Å²) in [6.45, 7) is -0.492. The molecule has 0 amide bonds. The van der Waals surface area contributed by atoms with E-state index in [-0.39, 0.29) is 11.1 Å². The number of fused-ring (bicyclic) bond motifs is 1. The van der Waals surface area contributed by atoms with Crippen molar-refractivity contribution < 1.29 is 8.78 Å². The molecule has 0 saturated carbocycles. The molecule has 2 rings (SSSR count). The van der Waals surface area contributed by atoms with Gasteiger partial charge in [0.25, 0.3) is 6.43 Å². The van der Waals surface area contributed by atoms with E-state index in [1.54, 1.807) is 0 Å². The topological polar surface area (TPSA) is 66.5 Å². The zero-order valence-corrected chi connectivity index (χ0v) is 8.09. The lowest BCUT2D eigenvalue weighted by molar-refractivity contribution is 0.163. The van der Waals surface area contributed by atoms with Gasteiger partial charge in [-0.05, 0) is 11.6 Å². The summed E-state index contributed by atoms with van der Waals surface area (Å²) in [5, 5.41) is 9.26. The molecular weight excluding hydrogens is 228 g/mol. The fourth-order valence-electron chi connectivity index (χ4n) is 1.12. The number of anilines is 1. The maximum atomic E-state index is 12.0. The highest BCUT2D eigenvalue weighted by Crippen LogP contribution is 2.19. The van der Waals surface area contributed by atoms with Crippen LogP contribution in [0.25, 0.3) is 11.0 Å². The Kier molecular flexibility index (Phi) is 2.63. The summed E-state index contributed by atoms with van der Waals surface area (Å²) >= 11 is 5.60. The largest absolute Gasteiger partial charge is 0.364 e. The predicted molar refractivity (Wildman–Crippen MR) is 51.2 cm³/mol. The van der Waals surface area contributed by atoms with Crippen LogP contribution in [0, 0.1) is 0 Å². The Labute approximate surface area is 87.9 Å². The standard InChI is InChI=1S/C7H6ClF2N5/c8-7-13-5(11-2-4(9)10)3-1-12-15-6(3)14-7/h1,4H,2H2,(H2,11,12,13,14,15). The lowest BCUT2D eigenvalue weighted by Crippen LogP contribution is -2.11. The van der Waals surface area contributed by atoms with Crippen molar-refractivity contribution in [1.82, 2.24) is 20.2 Å². The van der Waals surface area contributed by atoms with Gasteiger partial charge in [0.2, 0.25) is 5.28 Å². The Balaban J connectivity index is 2.35. The van der Waals surface area contributed by atoms with E-state index in [9.17, 15) is 8.78 Å². The number of H-pyrrole nitrogens is 1. The van der Waals surface area contributed by atoms with Gasteiger partial charge in [-0.1, -0.05) is 0 Å². The second kappa shape index (κ2) is 3.93. The SMILES string of the molecule is FC(F)CNc1nc(Cl)nc2[nH]ncc12. The molecule has 0 aliphatic carbocycles. The smallest absolute Gasteiger partial charge is 0.255 e. The molecule has 15 heavy (non-hydrogen) atoms. The molecule has 0 aromatic carbocycles. The van der Waals surface area contributed by atoms with Crippen LogP contribution in [-0.4, -0.2) is 33.1 Å². The molecule has 2 aromatic rings. The minimum Gasteiger partial charge on any atom is -0.364 e. The van der Waals surface area contributed by atoms with Gasteiger partial charge in [-0.25, -0.2) is 8.78 Å². The maximum absolute atomic E-state index is 12.0. The van der Waals surface area contributed by atoms with E-state index in [2.05, 4.69) is 25.5 Å². The van der Waals surface area contributed by atoms with E-state index in [1.165, 1.54) is 6.20 Å². The number of hydrogen-bond acceptors (Lipinski definition) is 4. The average Bonchev–Trinajstić information content (AvgIpc) is 2.61. The van der Waals surface area contributed by atoms with Crippen LogP contribution in [0.15, 0.2) is 6.20 Å². The summed E-state index contributed by atoms with van der Waals surface area (Å²) in [7, 11) is 0. The number of nitrogens with one attached hydrogen (secondary N) is 2. The van der Waals surface area contributed by atoms with Crippen LogP contribution in [0.4, 0.5) is 14.6 Å². The third kappa shape index (κ3) is 2.12. The number of aromatic nitrogens is 4. The highest BCUT2D eigenvalue weighted by molar-refractivity contribution is 6.28. The first kappa shape index (κ1) is 10.0. The van der Waals surface area contributed by atoms with Crippen molar-refractivity contribution in [3.05, 3.63) is 11.5 Å². The Hall–Kier alpha value is -1.50. The highest BCUT2D eigenvalue weighted by atomic mass is 35.5. The summed E-state index contributed by atoms with van der Waals surface area (Å²) in [5.41, 5.74) is 0.409. The van der Waals surface area contributed by atoms with Gasteiger partial charge in [0.15, 0.2) is 5.65 Å². The Morgan fingerprint density at radius 3 is 3.00 bits per heavy atom. The molecule has 2 N–H and O–H groups in total. The second-order valence-electron chi connectivity index (χ2n) is 2.75. The third-order valence-corrected chi connectivity index (χ3v) is 1.88. The molecule has 0 unspecified atom stereocenters. The molecule has 0 fully saturated rings. The first-order valence-electron chi connectivity index (χ1n) is 4.05. The quantitative estimate of drug-likeness (QED) is 0.792. The minimum absolute atomic E-state index is 0.0245. The Morgan fingerprint density at radius 2 is 2.27 bits per heavy atom. The van der Waals surface area contributed by atoms with Gasteiger partial charge in [0, 0.05) is 0 Å². The van der Waals surface area contributed by atoms with Gasteiger partial charge in [-0.3, -0.25) is 5.10 Å². The maximum Gasteiger partial charge on any atom is 0.255 e. The summed E-state index contributed by atoms with van der Waals surface area (Å²) in [6.07, 6.45) is -1.01. The number of alkyl halides is 2. The fourth-order valence-corrected chi connectivity index (χ4v) is 1.29. The Bertz CT molecular complexity index is 471. The molecule has 2 heterocycles. The zero-order valence-electron chi connectivity index (χ0n) is 7.34. The Morgan fingerprint density at radius 1 is 1.47 bits per heavy atom. The second-order valence-corrected chi connectivity index (χ2v) is 3.08. The van der Waals surface area contributed by atoms with Crippen LogP contribution in [0.1, 0.15) is 0 Å². The van der Waals surface area contributed by atoms with Crippen molar-refractivity contribution in [2.75, 3.05) is 11.9 Å². The molecule has 2 aromatic heterocycles. The summed E-state index contributed by atoms with van der Waals surface area (Å²) in [4.78, 5) is 7.63. The molecule has 8 heteroatoms. The number of halogens is 3. The number of hydrogen-bond donors (Lipinski definition) is 2. The molecule has 0 bridgehead atoms. The molecular formula is C7H6ClF2N5. The van der Waals surface area contributed by atoms with Crippen molar-refractivity contribution in [3.8, 4) is 0 Å². The van der Waals surface area contributed by atoms with Crippen molar-refractivity contribution in [3.63, 3.8) is 0 Å². The van der Waals surface area contributed by atoms with E-state index in [4.69, 9.17) is 11.6 Å². The van der Waals surface area contributed by atoms with E-state index in [0.29, 0.717) is 11.0 Å². The van der Waals surface area contributed by atoms with Crippen molar-refractivity contribution in [1.29, 1.82) is 0 Å². The average molecular weight is 234 g/mol. The molecule has 0 saturated heterocycles. The number of aromatic amines is 1. The van der Waals surface area contributed by atoms with Crippen LogP contribution in [-0.2, 0) is 0 Å². The van der Waals surface area contributed by atoms with Gasteiger partial charge >= 0.3 is 0 Å². The number of nitrogens with zero attached hydrogens (tertiary/aromatic N) is 3. The van der Waals surface area contributed by atoms with Crippen molar-refractivity contribution in [2.24, 2.45) is 0 Å². The van der Waals surface area contributed by atoms with Gasteiger partial charge in [0.1, 0.15) is 5.82 Å². The molecule has 80 valence electrons. The van der Waals surface area contributed by atoms with Gasteiger partial charge in [0.05, 0.1) is 18.1 Å². The van der Waals surface area contributed by atoms with Crippen LogP contribution in [0.3, 0.4) is 0 Å². The van der Waals surface area contributed by atoms with Crippen LogP contribution >= 0.6 is 11.6 Å². The summed E-state index contributed by atoms with van der Waals surface area (Å²) < 4.78 is 24.0. The molecule has 5 nitrogen and oxygen atoms in total. The predicted octanol–water partition coefficient (Wildman–Crippen LogP) is 1.68. The van der Waals surface area contributed by atoms with Crippen LogP contribution in [0.5, 0.6) is 0 Å². The first-order chi connectivity index (χ1) is 7.16. The van der Waals surface area contributed by atoms with E-state index >= 15 is 0 Å². The molecule has 0 aliphatic heterocycles. The van der Waals surface area contributed by atoms with Gasteiger partial charge < -0.3 is 5.32 Å². The van der Waals surface area contributed by atoms with Crippen molar-refractivity contribution >= 4 is 28.5 Å². The first-order valence-corrected chi connectivity index (χ1v) is 4.43. The molecule has 0 atom stereocenters. The van der Waals surface area contributed by atoms with Crippen LogP contribution < -0.4 is 5.32 Å². The monoisotopic (exact) mass is 233 g/mol. The van der Waals surface area contributed by atoms with Crippen molar-refractivity contribution in [2.45, 2.75) is 6.43 Å². The van der Waals surface area contributed by atoms with E-state index < -0.39 is 13.0 Å². The van der Waals surface area contributed by atoms with Crippen LogP contribution in [0.2, 0.25) is 5.28 Å².